The van der Waals surface area contributed by atoms with Crippen LogP contribution in [0.15, 0.2) is 42.5 Å². The molecule has 2 rings (SSSR count). The van der Waals surface area contributed by atoms with E-state index in [1.807, 2.05) is 0 Å². The zero-order valence-electron chi connectivity index (χ0n) is 12.1. The fourth-order valence-corrected chi connectivity index (χ4v) is 2.46. The largest absolute Gasteiger partial charge is 0.330 e. The van der Waals surface area contributed by atoms with Crippen molar-refractivity contribution in [1.82, 2.24) is 0 Å². The van der Waals surface area contributed by atoms with Crippen LogP contribution >= 0.6 is 0 Å². The lowest BCUT2D eigenvalue weighted by atomic mass is 9.89. The van der Waals surface area contributed by atoms with E-state index < -0.39 is 0 Å². The van der Waals surface area contributed by atoms with Gasteiger partial charge in [0.15, 0.2) is 0 Å². The molecule has 2 aromatic rings. The lowest BCUT2D eigenvalue weighted by Crippen LogP contribution is -2.15. The first kappa shape index (κ1) is 13.8. The average Bonchev–Trinajstić information content (AvgIpc) is 2.41. The predicted octanol–water partition coefficient (Wildman–Crippen LogP) is 3.90. The minimum atomic E-state index is 0.403. The van der Waals surface area contributed by atoms with Crippen LogP contribution < -0.4 is 5.73 Å². The van der Waals surface area contributed by atoms with Gasteiger partial charge in [-0.15, -0.1) is 0 Å². The summed E-state index contributed by atoms with van der Waals surface area (Å²) in [7, 11) is 0. The van der Waals surface area contributed by atoms with Crippen molar-refractivity contribution < 1.29 is 0 Å². The summed E-state index contributed by atoms with van der Waals surface area (Å²) in [6, 6.07) is 15.3. The second-order valence-electron chi connectivity index (χ2n) is 5.41. The maximum atomic E-state index is 5.99. The van der Waals surface area contributed by atoms with Crippen molar-refractivity contribution in [2.45, 2.75) is 33.1 Å². The molecule has 2 N–H and O–H groups in total. The first-order valence-corrected chi connectivity index (χ1v) is 6.93. The summed E-state index contributed by atoms with van der Waals surface area (Å²) in [5.74, 6) is 0.403. The molecule has 0 saturated carbocycles. The molecule has 1 unspecified atom stereocenters. The van der Waals surface area contributed by atoms with Crippen molar-refractivity contribution in [3.8, 4) is 0 Å². The number of nitrogens with two attached hydrogens (primary N) is 1. The van der Waals surface area contributed by atoms with Crippen LogP contribution in [0.2, 0.25) is 0 Å². The molecule has 0 aliphatic carbocycles. The van der Waals surface area contributed by atoms with Gasteiger partial charge in [0.2, 0.25) is 0 Å². The van der Waals surface area contributed by atoms with Crippen LogP contribution in [-0.4, -0.2) is 6.54 Å². The highest BCUT2D eigenvalue weighted by molar-refractivity contribution is 5.34. The van der Waals surface area contributed by atoms with Crippen LogP contribution in [0.4, 0.5) is 0 Å². The molecule has 1 atom stereocenters. The molecule has 100 valence electrons. The average molecular weight is 253 g/mol. The van der Waals surface area contributed by atoms with Gasteiger partial charge in [0.1, 0.15) is 0 Å². The third-order valence-corrected chi connectivity index (χ3v) is 4.01. The highest BCUT2D eigenvalue weighted by Crippen LogP contribution is 2.23. The molecule has 2 aromatic carbocycles. The summed E-state index contributed by atoms with van der Waals surface area (Å²) in [6.07, 6.45) is 1.02. The molecule has 0 aliphatic rings. The van der Waals surface area contributed by atoms with E-state index >= 15 is 0 Å². The van der Waals surface area contributed by atoms with E-state index in [1.54, 1.807) is 0 Å². The molecular formula is C18H23N. The summed E-state index contributed by atoms with van der Waals surface area (Å²) in [5, 5.41) is 0. The SMILES string of the molecule is Cc1ccc(C(CN)Cc2ccccc2C)cc1C. The van der Waals surface area contributed by atoms with Gasteiger partial charge >= 0.3 is 0 Å². The lowest BCUT2D eigenvalue weighted by Gasteiger charge is -2.18. The maximum Gasteiger partial charge on any atom is 0.000177 e. The fourth-order valence-electron chi connectivity index (χ4n) is 2.46. The number of benzene rings is 2. The molecule has 0 amide bonds. The maximum absolute atomic E-state index is 5.99. The Kier molecular flexibility index (Phi) is 4.39. The monoisotopic (exact) mass is 253 g/mol. The van der Waals surface area contributed by atoms with Crippen molar-refractivity contribution in [2.24, 2.45) is 5.73 Å². The van der Waals surface area contributed by atoms with Gasteiger partial charge in [-0.3, -0.25) is 0 Å². The van der Waals surface area contributed by atoms with Crippen LogP contribution in [0.1, 0.15) is 33.7 Å². The normalized spacial score (nSPS) is 12.4. The van der Waals surface area contributed by atoms with Gasteiger partial charge in [0.05, 0.1) is 0 Å². The second-order valence-corrected chi connectivity index (χ2v) is 5.41. The van der Waals surface area contributed by atoms with Crippen LogP contribution in [0.3, 0.4) is 0 Å². The molecule has 1 heteroatoms. The minimum absolute atomic E-state index is 0.403. The van der Waals surface area contributed by atoms with Gasteiger partial charge in [-0.25, -0.2) is 0 Å². The quantitative estimate of drug-likeness (QED) is 0.878. The molecule has 0 radical (unpaired) electrons. The standard InChI is InChI=1S/C18H23N/c1-13-8-9-17(10-15(13)3)18(12-19)11-16-7-5-4-6-14(16)2/h4-10,18H,11-12,19H2,1-3H3. The Morgan fingerprint density at radius 2 is 1.63 bits per heavy atom. The Labute approximate surface area is 116 Å². The molecule has 1 nitrogen and oxygen atoms in total. The summed E-state index contributed by atoms with van der Waals surface area (Å²) < 4.78 is 0. The Morgan fingerprint density at radius 1 is 0.895 bits per heavy atom. The van der Waals surface area contributed by atoms with Crippen molar-refractivity contribution in [3.05, 3.63) is 70.3 Å². The molecule has 0 spiro atoms. The zero-order chi connectivity index (χ0) is 13.8. The first-order valence-electron chi connectivity index (χ1n) is 6.93. The van der Waals surface area contributed by atoms with Crippen LogP contribution in [-0.2, 0) is 6.42 Å². The van der Waals surface area contributed by atoms with Crippen molar-refractivity contribution >= 4 is 0 Å². The molecule has 0 fully saturated rings. The molecule has 0 heterocycles. The van der Waals surface area contributed by atoms with Crippen molar-refractivity contribution in [1.29, 1.82) is 0 Å². The Morgan fingerprint density at radius 3 is 2.26 bits per heavy atom. The van der Waals surface area contributed by atoms with Gasteiger partial charge < -0.3 is 5.73 Å². The van der Waals surface area contributed by atoms with Crippen molar-refractivity contribution in [2.75, 3.05) is 6.54 Å². The van der Waals surface area contributed by atoms with Crippen LogP contribution in [0.5, 0.6) is 0 Å². The van der Waals surface area contributed by atoms with E-state index in [-0.39, 0.29) is 0 Å². The minimum Gasteiger partial charge on any atom is -0.330 e. The van der Waals surface area contributed by atoms with E-state index in [1.165, 1.54) is 27.8 Å². The second kappa shape index (κ2) is 6.03. The van der Waals surface area contributed by atoms with Crippen LogP contribution in [0, 0.1) is 20.8 Å². The topological polar surface area (TPSA) is 26.0 Å². The summed E-state index contributed by atoms with van der Waals surface area (Å²) in [6.45, 7) is 7.18. The lowest BCUT2D eigenvalue weighted by molar-refractivity contribution is 0.691. The van der Waals surface area contributed by atoms with Gasteiger partial charge in [-0.1, -0.05) is 42.5 Å². The van der Waals surface area contributed by atoms with Crippen molar-refractivity contribution in [3.63, 3.8) is 0 Å². The van der Waals surface area contributed by atoms with E-state index in [4.69, 9.17) is 5.73 Å². The van der Waals surface area contributed by atoms with Gasteiger partial charge in [0, 0.05) is 5.92 Å². The Hall–Kier alpha value is -1.60. The highest BCUT2D eigenvalue weighted by Gasteiger charge is 2.12. The molecule has 0 bridgehead atoms. The van der Waals surface area contributed by atoms with Crippen LogP contribution in [0.25, 0.3) is 0 Å². The number of aryl methyl sites for hydroxylation is 3. The third kappa shape index (κ3) is 3.24. The first-order chi connectivity index (χ1) is 9.11. The number of hydrogen-bond acceptors (Lipinski definition) is 1. The molecule has 19 heavy (non-hydrogen) atoms. The Bertz CT molecular complexity index is 557. The van der Waals surface area contributed by atoms with Gasteiger partial charge in [-0.05, 0) is 61.6 Å². The summed E-state index contributed by atoms with van der Waals surface area (Å²) >= 11 is 0. The predicted molar refractivity (Wildman–Crippen MR) is 82.6 cm³/mol. The van der Waals surface area contributed by atoms with E-state index in [9.17, 15) is 0 Å². The fraction of sp³-hybridized carbons (Fsp3) is 0.333. The molecule has 0 aliphatic heterocycles. The molecule has 0 saturated heterocycles. The molecular weight excluding hydrogens is 230 g/mol. The number of rotatable bonds is 4. The smallest absolute Gasteiger partial charge is 0.000177 e. The zero-order valence-corrected chi connectivity index (χ0v) is 12.1. The Balaban J connectivity index is 2.25. The van der Waals surface area contributed by atoms with E-state index in [0.717, 1.165) is 6.42 Å². The van der Waals surface area contributed by atoms with E-state index in [0.29, 0.717) is 12.5 Å². The van der Waals surface area contributed by atoms with Gasteiger partial charge in [0.25, 0.3) is 0 Å². The highest BCUT2D eigenvalue weighted by atomic mass is 14.5. The summed E-state index contributed by atoms with van der Waals surface area (Å²) in [5.41, 5.74) is 12.8. The molecule has 0 aromatic heterocycles. The summed E-state index contributed by atoms with van der Waals surface area (Å²) in [4.78, 5) is 0. The third-order valence-electron chi connectivity index (χ3n) is 4.01. The van der Waals surface area contributed by atoms with Gasteiger partial charge in [-0.2, -0.15) is 0 Å². The number of hydrogen-bond donors (Lipinski definition) is 1. The van der Waals surface area contributed by atoms with E-state index in [2.05, 4.69) is 63.2 Å².